The normalized spacial score (nSPS) is 13.8. The number of hydrogen-bond donors (Lipinski definition) is 1. The molecule has 0 aliphatic rings. The van der Waals surface area contributed by atoms with Gasteiger partial charge in [0.1, 0.15) is 0 Å². The van der Waals surface area contributed by atoms with E-state index in [1.165, 1.54) is 6.08 Å². The zero-order chi connectivity index (χ0) is 7.98. The monoisotopic (exact) mass is 146 g/mol. The lowest BCUT2D eigenvalue weighted by Crippen LogP contribution is -1.98. The van der Waals surface area contributed by atoms with Gasteiger partial charge in [-0.05, 0) is 12.3 Å². The van der Waals surface area contributed by atoms with Gasteiger partial charge in [0.2, 0.25) is 0 Å². The van der Waals surface area contributed by atoms with Crippen LogP contribution in [0.5, 0.6) is 0 Å². The lowest BCUT2D eigenvalue weighted by molar-refractivity contribution is -0.137. The zero-order valence-corrected chi connectivity index (χ0v) is 5.88. The van der Waals surface area contributed by atoms with Crippen LogP contribution >= 0.6 is 0 Å². The van der Waals surface area contributed by atoms with Gasteiger partial charge in [-0.3, -0.25) is 4.79 Å². The molecule has 0 aliphatic carbocycles. The van der Waals surface area contributed by atoms with Gasteiger partial charge in [-0.25, -0.2) is 4.39 Å². The summed E-state index contributed by atoms with van der Waals surface area (Å²) in [6, 6.07) is 0. The van der Waals surface area contributed by atoms with E-state index in [2.05, 4.69) is 0 Å². The molecule has 3 heteroatoms. The van der Waals surface area contributed by atoms with Crippen LogP contribution in [-0.4, -0.2) is 11.1 Å². The van der Waals surface area contributed by atoms with E-state index in [1.807, 2.05) is 0 Å². The van der Waals surface area contributed by atoms with Crippen molar-refractivity contribution >= 4 is 5.97 Å². The molecule has 0 fully saturated rings. The maximum absolute atomic E-state index is 11.4. The van der Waals surface area contributed by atoms with Crippen LogP contribution in [-0.2, 0) is 4.79 Å². The van der Waals surface area contributed by atoms with Crippen LogP contribution < -0.4 is 0 Å². The van der Waals surface area contributed by atoms with Gasteiger partial charge in [0, 0.05) is 6.42 Å². The number of halogens is 1. The predicted molar refractivity (Wildman–Crippen MR) is 36.3 cm³/mol. The van der Waals surface area contributed by atoms with Gasteiger partial charge in [-0.2, -0.15) is 0 Å². The number of carbonyl (C=O) groups is 1. The summed E-state index contributed by atoms with van der Waals surface area (Å²) in [6.07, 6.45) is 2.40. The first-order valence-corrected chi connectivity index (χ1v) is 3.15. The first kappa shape index (κ1) is 9.14. The summed E-state index contributed by atoms with van der Waals surface area (Å²) in [4.78, 5) is 9.99. The van der Waals surface area contributed by atoms with Crippen molar-refractivity contribution < 1.29 is 14.3 Å². The number of carboxylic acids is 1. The standard InChI is InChI=1S/C7H11FO2/c1-6(4-5-8)2-3-7(9)10/h4-6H,2-3H2,1H3,(H,9,10). The van der Waals surface area contributed by atoms with E-state index in [4.69, 9.17) is 5.11 Å². The number of allylic oxidation sites excluding steroid dienone is 1. The molecule has 0 rings (SSSR count). The molecular formula is C7H11FO2. The fraction of sp³-hybridized carbons (Fsp3) is 0.571. The topological polar surface area (TPSA) is 37.3 Å². The van der Waals surface area contributed by atoms with Crippen LogP contribution in [0.4, 0.5) is 4.39 Å². The van der Waals surface area contributed by atoms with Gasteiger partial charge in [0.15, 0.2) is 0 Å². The highest BCUT2D eigenvalue weighted by atomic mass is 19.1. The molecule has 0 aromatic rings. The van der Waals surface area contributed by atoms with E-state index in [0.29, 0.717) is 12.8 Å². The van der Waals surface area contributed by atoms with Gasteiger partial charge in [-0.1, -0.05) is 13.0 Å². The van der Waals surface area contributed by atoms with E-state index in [-0.39, 0.29) is 12.3 Å². The Bertz CT molecular complexity index is 132. The Kier molecular flexibility index (Phi) is 4.54. The van der Waals surface area contributed by atoms with Gasteiger partial charge >= 0.3 is 5.97 Å². The van der Waals surface area contributed by atoms with Gasteiger partial charge in [-0.15, -0.1) is 0 Å². The molecule has 0 saturated carbocycles. The van der Waals surface area contributed by atoms with Crippen molar-refractivity contribution in [3.05, 3.63) is 12.4 Å². The maximum atomic E-state index is 11.4. The summed E-state index contributed by atoms with van der Waals surface area (Å²) in [5, 5.41) is 8.21. The molecule has 58 valence electrons. The smallest absolute Gasteiger partial charge is 0.303 e. The van der Waals surface area contributed by atoms with Gasteiger partial charge < -0.3 is 5.11 Å². The molecule has 0 radical (unpaired) electrons. The first-order valence-electron chi connectivity index (χ1n) is 3.15. The molecule has 0 heterocycles. The Labute approximate surface area is 59.4 Å². The lowest BCUT2D eigenvalue weighted by atomic mass is 10.1. The second-order valence-electron chi connectivity index (χ2n) is 2.23. The molecule has 0 saturated heterocycles. The van der Waals surface area contributed by atoms with Gasteiger partial charge in [0.05, 0.1) is 6.33 Å². The fourth-order valence-electron chi connectivity index (χ4n) is 0.572. The minimum atomic E-state index is -0.834. The summed E-state index contributed by atoms with van der Waals surface area (Å²) >= 11 is 0. The molecule has 1 atom stereocenters. The predicted octanol–water partition coefficient (Wildman–Crippen LogP) is 1.97. The Morgan fingerprint density at radius 3 is 2.80 bits per heavy atom. The number of aliphatic carboxylic acids is 1. The number of rotatable bonds is 4. The van der Waals surface area contributed by atoms with E-state index in [9.17, 15) is 9.18 Å². The molecule has 1 unspecified atom stereocenters. The molecule has 0 aliphatic heterocycles. The highest BCUT2D eigenvalue weighted by Crippen LogP contribution is 2.06. The van der Waals surface area contributed by atoms with Crippen LogP contribution in [0.2, 0.25) is 0 Å². The second-order valence-corrected chi connectivity index (χ2v) is 2.23. The molecular weight excluding hydrogens is 135 g/mol. The summed E-state index contributed by atoms with van der Waals surface area (Å²) in [5.74, 6) is -0.819. The molecule has 0 spiro atoms. The molecule has 2 nitrogen and oxygen atoms in total. The SMILES string of the molecule is CC(C=CF)CCC(=O)O. The lowest BCUT2D eigenvalue weighted by Gasteiger charge is -2.00. The van der Waals surface area contributed by atoms with Crippen LogP contribution in [0.3, 0.4) is 0 Å². The van der Waals surface area contributed by atoms with Gasteiger partial charge in [0.25, 0.3) is 0 Å². The average molecular weight is 146 g/mol. The maximum Gasteiger partial charge on any atom is 0.303 e. The quantitative estimate of drug-likeness (QED) is 0.658. The van der Waals surface area contributed by atoms with Crippen LogP contribution in [0.1, 0.15) is 19.8 Å². The molecule has 0 amide bonds. The molecule has 1 N–H and O–H groups in total. The third kappa shape index (κ3) is 5.28. The Hall–Kier alpha value is -0.860. The highest BCUT2D eigenvalue weighted by molar-refractivity contribution is 5.66. The Balaban J connectivity index is 3.39. The van der Waals surface area contributed by atoms with Crippen molar-refractivity contribution in [2.45, 2.75) is 19.8 Å². The minimum absolute atomic E-state index is 0.0149. The fourth-order valence-corrected chi connectivity index (χ4v) is 0.572. The van der Waals surface area contributed by atoms with Crippen molar-refractivity contribution in [1.29, 1.82) is 0 Å². The number of hydrogen-bond acceptors (Lipinski definition) is 1. The van der Waals surface area contributed by atoms with Crippen LogP contribution in [0, 0.1) is 5.92 Å². The third-order valence-electron chi connectivity index (χ3n) is 1.21. The molecule has 0 bridgehead atoms. The van der Waals surface area contributed by atoms with Crippen molar-refractivity contribution in [2.24, 2.45) is 5.92 Å². The second kappa shape index (κ2) is 4.97. The first-order chi connectivity index (χ1) is 4.66. The highest BCUT2D eigenvalue weighted by Gasteiger charge is 2.00. The molecule has 0 aromatic heterocycles. The number of carboxylic acid groups (broad SMARTS) is 1. The summed E-state index contributed by atoms with van der Waals surface area (Å²) < 4.78 is 11.4. The summed E-state index contributed by atoms with van der Waals surface area (Å²) in [5.41, 5.74) is 0. The Morgan fingerprint density at radius 1 is 1.80 bits per heavy atom. The molecule has 10 heavy (non-hydrogen) atoms. The van der Waals surface area contributed by atoms with E-state index >= 15 is 0 Å². The summed E-state index contributed by atoms with van der Waals surface area (Å²) in [6.45, 7) is 1.78. The molecule has 0 aromatic carbocycles. The van der Waals surface area contributed by atoms with Crippen molar-refractivity contribution in [3.63, 3.8) is 0 Å². The minimum Gasteiger partial charge on any atom is -0.481 e. The van der Waals surface area contributed by atoms with E-state index in [1.54, 1.807) is 6.92 Å². The zero-order valence-electron chi connectivity index (χ0n) is 5.88. The van der Waals surface area contributed by atoms with Crippen molar-refractivity contribution in [1.82, 2.24) is 0 Å². The van der Waals surface area contributed by atoms with Crippen LogP contribution in [0.25, 0.3) is 0 Å². The van der Waals surface area contributed by atoms with Crippen molar-refractivity contribution in [2.75, 3.05) is 0 Å². The third-order valence-corrected chi connectivity index (χ3v) is 1.21. The van der Waals surface area contributed by atoms with E-state index in [0.717, 1.165) is 0 Å². The largest absolute Gasteiger partial charge is 0.481 e. The van der Waals surface area contributed by atoms with Crippen molar-refractivity contribution in [3.8, 4) is 0 Å². The van der Waals surface area contributed by atoms with E-state index < -0.39 is 5.97 Å². The Morgan fingerprint density at radius 2 is 2.40 bits per heavy atom. The summed E-state index contributed by atoms with van der Waals surface area (Å²) in [7, 11) is 0. The van der Waals surface area contributed by atoms with Crippen LogP contribution in [0.15, 0.2) is 12.4 Å². The average Bonchev–Trinajstić information content (AvgIpc) is 1.85.